The molecule has 1 aliphatic heterocycles. The minimum atomic E-state index is -2.02. The average molecular weight is 258 g/mol. The molecule has 1 aliphatic rings. The Morgan fingerprint density at radius 3 is 3.06 bits per heavy atom. The number of rotatable bonds is 2. The van der Waals surface area contributed by atoms with Crippen molar-refractivity contribution in [3.63, 3.8) is 0 Å². The highest BCUT2D eigenvalue weighted by Crippen LogP contribution is 2.42. The molecule has 0 radical (unpaired) electrons. The number of thioether (sulfide) groups is 1. The number of benzene rings is 1. The molecule has 0 aliphatic carbocycles. The second-order valence-electron chi connectivity index (χ2n) is 3.81. The van der Waals surface area contributed by atoms with Crippen molar-refractivity contribution in [2.24, 2.45) is 0 Å². The minimum absolute atomic E-state index is 0.479. The first-order valence-corrected chi connectivity index (χ1v) is 6.95. The molecule has 0 aromatic heterocycles. The van der Waals surface area contributed by atoms with Crippen LogP contribution >= 0.6 is 11.8 Å². The Hall–Kier alpha value is -0.720. The van der Waals surface area contributed by atoms with E-state index in [1.54, 1.807) is 11.8 Å². The molecule has 2 rings (SSSR count). The molecule has 16 heavy (non-hydrogen) atoms. The number of anilines is 2. The highest BCUT2D eigenvalue weighted by molar-refractivity contribution is 8.00. The van der Waals surface area contributed by atoms with Crippen molar-refractivity contribution in [2.45, 2.75) is 17.1 Å². The fourth-order valence-electron chi connectivity index (χ4n) is 1.85. The van der Waals surface area contributed by atoms with Gasteiger partial charge >= 0.3 is 0 Å². The Balaban J connectivity index is 2.41. The maximum Gasteiger partial charge on any atom is 0.259 e. The van der Waals surface area contributed by atoms with E-state index in [4.69, 9.17) is 4.55 Å². The van der Waals surface area contributed by atoms with Gasteiger partial charge in [0.05, 0.1) is 16.3 Å². The number of hydrogen-bond donors (Lipinski definition) is 2. The summed E-state index contributed by atoms with van der Waals surface area (Å²) < 4.78 is 22.2. The summed E-state index contributed by atoms with van der Waals surface area (Å²) in [5, 5.41) is 0.479. The lowest BCUT2D eigenvalue weighted by Gasteiger charge is -2.32. The van der Waals surface area contributed by atoms with Crippen LogP contribution < -0.4 is 9.62 Å². The van der Waals surface area contributed by atoms with Crippen LogP contribution in [0.1, 0.15) is 6.92 Å². The Morgan fingerprint density at radius 2 is 2.38 bits per heavy atom. The SMILES string of the molecule is CC1CN(C)c2cccc(NS(=O)O)c2S1. The van der Waals surface area contributed by atoms with Gasteiger partial charge in [0, 0.05) is 18.8 Å². The number of nitrogens with zero attached hydrogens (tertiary/aromatic N) is 1. The van der Waals surface area contributed by atoms with E-state index in [0.29, 0.717) is 5.25 Å². The van der Waals surface area contributed by atoms with Crippen LogP contribution in [0.15, 0.2) is 23.1 Å². The van der Waals surface area contributed by atoms with E-state index >= 15 is 0 Å². The van der Waals surface area contributed by atoms with Crippen molar-refractivity contribution < 1.29 is 8.76 Å². The molecule has 0 fully saturated rings. The first-order chi connectivity index (χ1) is 7.58. The average Bonchev–Trinajstić information content (AvgIpc) is 2.18. The predicted molar refractivity (Wildman–Crippen MR) is 69.4 cm³/mol. The zero-order chi connectivity index (χ0) is 11.7. The quantitative estimate of drug-likeness (QED) is 0.798. The van der Waals surface area contributed by atoms with Crippen LogP contribution in [0.25, 0.3) is 0 Å². The lowest BCUT2D eigenvalue weighted by atomic mass is 10.2. The summed E-state index contributed by atoms with van der Waals surface area (Å²) in [5.74, 6) is 0. The van der Waals surface area contributed by atoms with E-state index in [9.17, 15) is 4.21 Å². The van der Waals surface area contributed by atoms with Crippen molar-refractivity contribution in [1.29, 1.82) is 0 Å². The molecule has 0 spiro atoms. The third-order valence-corrected chi connectivity index (χ3v) is 4.06. The lowest BCUT2D eigenvalue weighted by molar-refractivity contribution is 0.570. The Kier molecular flexibility index (Phi) is 3.41. The molecule has 6 heteroatoms. The van der Waals surface area contributed by atoms with Crippen molar-refractivity contribution in [3.05, 3.63) is 18.2 Å². The number of hydrogen-bond acceptors (Lipinski definition) is 3. The first-order valence-electron chi connectivity index (χ1n) is 4.96. The Labute approximate surface area is 102 Å². The van der Waals surface area contributed by atoms with Gasteiger partial charge < -0.3 is 4.90 Å². The van der Waals surface area contributed by atoms with E-state index in [-0.39, 0.29) is 0 Å². The van der Waals surface area contributed by atoms with Crippen LogP contribution in [0.2, 0.25) is 0 Å². The van der Waals surface area contributed by atoms with Crippen molar-refractivity contribution in [3.8, 4) is 0 Å². The predicted octanol–water partition coefficient (Wildman–Crippen LogP) is 2.17. The molecule has 1 heterocycles. The smallest absolute Gasteiger partial charge is 0.259 e. The van der Waals surface area contributed by atoms with Crippen molar-refractivity contribution in [1.82, 2.24) is 0 Å². The molecule has 0 saturated carbocycles. The van der Waals surface area contributed by atoms with E-state index < -0.39 is 11.3 Å². The van der Waals surface area contributed by atoms with Crippen LogP contribution in [0.4, 0.5) is 11.4 Å². The van der Waals surface area contributed by atoms with Crippen LogP contribution in [0, 0.1) is 0 Å². The second kappa shape index (κ2) is 4.65. The highest BCUT2D eigenvalue weighted by Gasteiger charge is 2.22. The topological polar surface area (TPSA) is 52.6 Å². The summed E-state index contributed by atoms with van der Waals surface area (Å²) in [5.41, 5.74) is 1.83. The van der Waals surface area contributed by atoms with E-state index in [1.807, 2.05) is 25.2 Å². The Bertz CT molecular complexity index is 425. The Morgan fingerprint density at radius 1 is 1.62 bits per heavy atom. The molecule has 1 aromatic rings. The fourth-order valence-corrected chi connectivity index (χ4v) is 3.56. The van der Waals surface area contributed by atoms with E-state index in [1.165, 1.54) is 0 Å². The van der Waals surface area contributed by atoms with Crippen molar-refractivity contribution in [2.75, 3.05) is 23.2 Å². The molecule has 0 amide bonds. The van der Waals surface area contributed by atoms with Gasteiger partial charge in [-0.1, -0.05) is 13.0 Å². The molecule has 2 N–H and O–H groups in total. The van der Waals surface area contributed by atoms with Gasteiger partial charge in [-0.05, 0) is 12.1 Å². The third-order valence-electron chi connectivity index (χ3n) is 2.45. The minimum Gasteiger partial charge on any atom is -0.373 e. The monoisotopic (exact) mass is 258 g/mol. The summed E-state index contributed by atoms with van der Waals surface area (Å²) in [6, 6.07) is 5.74. The van der Waals surface area contributed by atoms with Gasteiger partial charge in [0.25, 0.3) is 11.3 Å². The van der Waals surface area contributed by atoms with Gasteiger partial charge in [-0.15, -0.1) is 11.8 Å². The number of nitrogens with one attached hydrogen (secondary N) is 1. The molecule has 0 bridgehead atoms. The summed E-state index contributed by atoms with van der Waals surface area (Å²) in [6.07, 6.45) is 0. The van der Waals surface area contributed by atoms with Gasteiger partial charge in [-0.25, -0.2) is 4.21 Å². The molecular weight excluding hydrogens is 244 g/mol. The molecular formula is C10H14N2O2S2. The van der Waals surface area contributed by atoms with Gasteiger partial charge in [0.15, 0.2) is 0 Å². The normalized spacial score (nSPS) is 21.4. The summed E-state index contributed by atoms with van der Waals surface area (Å²) in [4.78, 5) is 3.22. The molecule has 88 valence electrons. The summed E-state index contributed by atoms with van der Waals surface area (Å²) >= 11 is -0.284. The fraction of sp³-hybridized carbons (Fsp3) is 0.400. The van der Waals surface area contributed by atoms with Crippen LogP contribution in [0.3, 0.4) is 0 Å². The van der Waals surface area contributed by atoms with E-state index in [0.717, 1.165) is 22.8 Å². The van der Waals surface area contributed by atoms with Gasteiger partial charge in [0.2, 0.25) is 0 Å². The van der Waals surface area contributed by atoms with Crippen molar-refractivity contribution >= 4 is 34.4 Å². The van der Waals surface area contributed by atoms with Crippen LogP contribution in [-0.2, 0) is 11.3 Å². The second-order valence-corrected chi connectivity index (χ2v) is 5.97. The molecule has 1 aromatic carbocycles. The number of fused-ring (bicyclic) bond motifs is 1. The first kappa shape index (κ1) is 11.8. The van der Waals surface area contributed by atoms with Gasteiger partial charge in [-0.3, -0.25) is 9.27 Å². The molecule has 4 nitrogen and oxygen atoms in total. The summed E-state index contributed by atoms with van der Waals surface area (Å²) in [7, 11) is 2.04. The van der Waals surface area contributed by atoms with Gasteiger partial charge in [-0.2, -0.15) is 0 Å². The zero-order valence-electron chi connectivity index (χ0n) is 9.14. The highest BCUT2D eigenvalue weighted by atomic mass is 32.2. The molecule has 0 saturated heterocycles. The standard InChI is InChI=1S/C10H14N2O2S2/c1-7-6-12(2)9-5-3-4-8(10(9)15-7)11-16(13)14/h3-5,7,11H,6H2,1-2H3,(H,13,14). The molecule has 2 unspecified atom stereocenters. The zero-order valence-corrected chi connectivity index (χ0v) is 10.8. The largest absolute Gasteiger partial charge is 0.373 e. The third kappa shape index (κ3) is 2.34. The molecule has 2 atom stereocenters. The van der Waals surface area contributed by atoms with Crippen LogP contribution in [0.5, 0.6) is 0 Å². The maximum absolute atomic E-state index is 10.8. The van der Waals surface area contributed by atoms with E-state index in [2.05, 4.69) is 16.5 Å². The maximum atomic E-state index is 10.8. The van der Waals surface area contributed by atoms with Crippen LogP contribution in [-0.4, -0.2) is 27.6 Å². The van der Waals surface area contributed by atoms with Gasteiger partial charge in [0.1, 0.15) is 0 Å². The lowest BCUT2D eigenvalue weighted by Crippen LogP contribution is -2.29. The summed E-state index contributed by atoms with van der Waals surface area (Å²) in [6.45, 7) is 3.14.